The molecule has 5 heteroatoms. The Hall–Kier alpha value is -2.37. The Morgan fingerprint density at radius 2 is 2.12 bits per heavy atom. The first kappa shape index (κ1) is 17.1. The van der Waals surface area contributed by atoms with Gasteiger partial charge in [0.15, 0.2) is 0 Å². The largest absolute Gasteiger partial charge is 0.481 e. The van der Waals surface area contributed by atoms with Crippen LogP contribution in [0.25, 0.3) is 10.9 Å². The molecule has 0 saturated carbocycles. The van der Waals surface area contributed by atoms with E-state index >= 15 is 0 Å². The molecular weight excluding hydrogens is 326 g/mol. The summed E-state index contributed by atoms with van der Waals surface area (Å²) in [7, 11) is 3.78. The Balaban J connectivity index is 1.91. The van der Waals surface area contributed by atoms with Crippen LogP contribution >= 0.6 is 0 Å². The third-order valence-electron chi connectivity index (χ3n) is 5.37. The minimum absolute atomic E-state index is 0.0357. The zero-order valence-corrected chi connectivity index (χ0v) is 15.6. The molecule has 2 aromatic heterocycles. The van der Waals surface area contributed by atoms with Gasteiger partial charge in [0.05, 0.1) is 19.8 Å². The summed E-state index contributed by atoms with van der Waals surface area (Å²) in [5.74, 6) is 0.585. The molecule has 1 aromatic carbocycles. The molecule has 1 aliphatic rings. The minimum Gasteiger partial charge on any atom is -0.481 e. The van der Waals surface area contributed by atoms with Gasteiger partial charge >= 0.3 is 0 Å². The van der Waals surface area contributed by atoms with Crippen LogP contribution in [0.5, 0.6) is 5.88 Å². The molecule has 0 fully saturated rings. The fourth-order valence-electron chi connectivity index (χ4n) is 4.04. The van der Waals surface area contributed by atoms with Crippen molar-refractivity contribution in [1.82, 2.24) is 14.5 Å². The van der Waals surface area contributed by atoms with Crippen LogP contribution in [0.15, 0.2) is 36.5 Å². The number of aliphatic hydroxyl groups is 1. The number of aryl methyl sites for hydroxylation is 1. The van der Waals surface area contributed by atoms with E-state index in [4.69, 9.17) is 4.74 Å². The monoisotopic (exact) mass is 351 g/mol. The van der Waals surface area contributed by atoms with E-state index in [2.05, 4.69) is 46.6 Å². The summed E-state index contributed by atoms with van der Waals surface area (Å²) < 4.78 is 7.49. The second-order valence-corrected chi connectivity index (χ2v) is 7.14. The lowest BCUT2D eigenvalue weighted by molar-refractivity contribution is 0.245. The van der Waals surface area contributed by atoms with Crippen molar-refractivity contribution in [2.45, 2.75) is 25.9 Å². The minimum atomic E-state index is -0.147. The Bertz CT molecular complexity index is 931. The van der Waals surface area contributed by atoms with Gasteiger partial charge in [0, 0.05) is 48.4 Å². The maximum atomic E-state index is 10.3. The molecule has 1 unspecified atom stereocenters. The van der Waals surface area contributed by atoms with Crippen LogP contribution < -0.4 is 4.74 Å². The predicted octanol–water partition coefficient (Wildman–Crippen LogP) is 2.92. The second-order valence-electron chi connectivity index (χ2n) is 7.14. The number of nitrogens with zero attached hydrogens (tertiary/aromatic N) is 3. The highest BCUT2D eigenvalue weighted by Gasteiger charge is 2.26. The first-order chi connectivity index (χ1) is 12.6. The number of pyridine rings is 1. The molecule has 4 rings (SSSR count). The first-order valence-electron chi connectivity index (χ1n) is 9.04. The third-order valence-corrected chi connectivity index (χ3v) is 5.37. The van der Waals surface area contributed by atoms with Crippen molar-refractivity contribution >= 4 is 10.9 Å². The lowest BCUT2D eigenvalue weighted by Crippen LogP contribution is -2.28. The maximum absolute atomic E-state index is 10.3. The van der Waals surface area contributed by atoms with Gasteiger partial charge in [0.25, 0.3) is 0 Å². The van der Waals surface area contributed by atoms with Crippen molar-refractivity contribution in [2.24, 2.45) is 0 Å². The van der Waals surface area contributed by atoms with Crippen molar-refractivity contribution in [3.8, 4) is 5.88 Å². The molecule has 1 aliphatic heterocycles. The summed E-state index contributed by atoms with van der Waals surface area (Å²) in [5, 5.41) is 11.6. The molecule has 0 amide bonds. The van der Waals surface area contributed by atoms with E-state index in [-0.39, 0.29) is 12.6 Å². The number of benzene rings is 1. The number of rotatable bonds is 4. The molecule has 136 valence electrons. The quantitative estimate of drug-likeness (QED) is 0.785. The van der Waals surface area contributed by atoms with Crippen LogP contribution in [-0.4, -0.2) is 46.9 Å². The van der Waals surface area contributed by atoms with Gasteiger partial charge in [-0.3, -0.25) is 0 Å². The molecule has 3 heterocycles. The van der Waals surface area contributed by atoms with E-state index in [1.165, 1.54) is 27.7 Å². The molecule has 0 bridgehead atoms. The highest BCUT2D eigenvalue weighted by atomic mass is 16.5. The number of hydrogen-bond donors (Lipinski definition) is 1. The molecule has 5 nitrogen and oxygen atoms in total. The van der Waals surface area contributed by atoms with Crippen LogP contribution in [0, 0.1) is 6.92 Å². The summed E-state index contributed by atoms with van der Waals surface area (Å²) in [5.41, 5.74) is 6.16. The van der Waals surface area contributed by atoms with Crippen molar-refractivity contribution in [3.05, 3.63) is 58.9 Å². The van der Waals surface area contributed by atoms with E-state index in [1.807, 2.05) is 12.1 Å². The predicted molar refractivity (Wildman–Crippen MR) is 103 cm³/mol. The lowest BCUT2D eigenvalue weighted by atomic mass is 10.0. The number of hydrogen-bond acceptors (Lipinski definition) is 4. The Morgan fingerprint density at radius 3 is 2.81 bits per heavy atom. The molecular formula is C21H25N3O2. The van der Waals surface area contributed by atoms with E-state index in [0.29, 0.717) is 5.88 Å². The van der Waals surface area contributed by atoms with Gasteiger partial charge in [-0.2, -0.15) is 0 Å². The Kier molecular flexibility index (Phi) is 4.42. The van der Waals surface area contributed by atoms with E-state index in [1.54, 1.807) is 13.3 Å². The van der Waals surface area contributed by atoms with Gasteiger partial charge in [-0.05, 0) is 43.3 Å². The maximum Gasteiger partial charge on any atom is 0.212 e. The van der Waals surface area contributed by atoms with Crippen LogP contribution in [0.1, 0.15) is 28.4 Å². The molecule has 0 aliphatic carbocycles. The number of ether oxygens (including phenoxy) is 1. The summed E-state index contributed by atoms with van der Waals surface area (Å²) in [6.45, 7) is 4.14. The topological polar surface area (TPSA) is 50.5 Å². The van der Waals surface area contributed by atoms with Gasteiger partial charge < -0.3 is 19.3 Å². The zero-order chi connectivity index (χ0) is 18.3. The van der Waals surface area contributed by atoms with Crippen molar-refractivity contribution in [2.75, 3.05) is 27.3 Å². The summed E-state index contributed by atoms with van der Waals surface area (Å²) in [6.07, 6.45) is 2.79. The summed E-state index contributed by atoms with van der Waals surface area (Å²) in [6, 6.07) is 10.3. The van der Waals surface area contributed by atoms with Gasteiger partial charge in [-0.15, -0.1) is 0 Å². The molecule has 3 aromatic rings. The highest BCUT2D eigenvalue weighted by molar-refractivity contribution is 5.87. The molecule has 0 radical (unpaired) electrons. The summed E-state index contributed by atoms with van der Waals surface area (Å²) >= 11 is 0. The fourth-order valence-corrected chi connectivity index (χ4v) is 4.04. The Labute approximate surface area is 153 Å². The number of aliphatic hydroxyl groups excluding tert-OH is 1. The van der Waals surface area contributed by atoms with E-state index in [0.717, 1.165) is 25.1 Å². The number of fused-ring (bicyclic) bond motifs is 3. The van der Waals surface area contributed by atoms with E-state index < -0.39 is 0 Å². The standard InChI is InChI=1S/C21H25N3O2/c1-14-4-6-18-16(10-14)17-12-23(2)9-8-19(17)24(18)20(13-25)15-5-7-21(26-3)22-11-15/h4-7,10-11,20,25H,8-9,12-13H2,1-3H3. The third kappa shape index (κ3) is 2.77. The van der Waals surface area contributed by atoms with Gasteiger partial charge in [0.2, 0.25) is 5.88 Å². The Morgan fingerprint density at radius 1 is 1.27 bits per heavy atom. The van der Waals surface area contributed by atoms with Crippen molar-refractivity contribution in [3.63, 3.8) is 0 Å². The van der Waals surface area contributed by atoms with Crippen LogP contribution in [0.4, 0.5) is 0 Å². The molecule has 0 spiro atoms. The van der Waals surface area contributed by atoms with Gasteiger partial charge in [0.1, 0.15) is 0 Å². The van der Waals surface area contributed by atoms with Crippen molar-refractivity contribution < 1.29 is 9.84 Å². The zero-order valence-electron chi connectivity index (χ0n) is 15.6. The average Bonchev–Trinajstić information content (AvgIpc) is 2.96. The van der Waals surface area contributed by atoms with E-state index in [9.17, 15) is 5.11 Å². The molecule has 26 heavy (non-hydrogen) atoms. The molecule has 1 N–H and O–H groups in total. The normalized spacial score (nSPS) is 15.8. The first-order valence-corrected chi connectivity index (χ1v) is 9.04. The van der Waals surface area contributed by atoms with Gasteiger partial charge in [-0.1, -0.05) is 11.6 Å². The van der Waals surface area contributed by atoms with Crippen molar-refractivity contribution in [1.29, 1.82) is 0 Å². The number of methoxy groups -OCH3 is 1. The second kappa shape index (κ2) is 6.74. The fraction of sp³-hybridized carbons (Fsp3) is 0.381. The highest BCUT2D eigenvalue weighted by Crippen LogP contribution is 2.35. The van der Waals surface area contributed by atoms with Crippen LogP contribution in [0.2, 0.25) is 0 Å². The van der Waals surface area contributed by atoms with Crippen LogP contribution in [-0.2, 0) is 13.0 Å². The summed E-state index contributed by atoms with van der Waals surface area (Å²) in [4.78, 5) is 6.70. The SMILES string of the molecule is COc1ccc(C(CO)n2c3c(c4cc(C)ccc42)CN(C)CC3)cn1. The van der Waals surface area contributed by atoms with Crippen LogP contribution in [0.3, 0.4) is 0 Å². The smallest absolute Gasteiger partial charge is 0.212 e. The van der Waals surface area contributed by atoms with Gasteiger partial charge in [-0.25, -0.2) is 4.98 Å². The lowest BCUT2D eigenvalue weighted by Gasteiger charge is -2.27. The molecule has 1 atom stereocenters. The molecule has 0 saturated heterocycles. The number of aromatic nitrogens is 2. The average molecular weight is 351 g/mol. The number of likely N-dealkylation sites (N-methyl/N-ethyl adjacent to an activating group) is 1.